The molecule has 0 bridgehead atoms. The number of ether oxygens (including phenoxy) is 1. The first-order chi connectivity index (χ1) is 8.19. The summed E-state index contributed by atoms with van der Waals surface area (Å²) < 4.78 is 5.30. The predicted octanol–water partition coefficient (Wildman–Crippen LogP) is 1.63. The molecule has 2 unspecified atom stereocenters. The maximum absolute atomic E-state index is 11.8. The lowest BCUT2D eigenvalue weighted by Gasteiger charge is -2.33. The van der Waals surface area contributed by atoms with Gasteiger partial charge in [0.15, 0.2) is 0 Å². The average Bonchev–Trinajstić information content (AvgIpc) is 2.19. The lowest BCUT2D eigenvalue weighted by molar-refractivity contribution is -0.124. The Morgan fingerprint density at radius 1 is 1.50 bits per heavy atom. The van der Waals surface area contributed by atoms with E-state index in [0.29, 0.717) is 31.3 Å². The number of nitrogens with one attached hydrogen (secondary N) is 1. The fraction of sp³-hybridized carbons (Fsp3) is 0.846. The second-order valence-corrected chi connectivity index (χ2v) is 6.11. The third-order valence-electron chi connectivity index (χ3n) is 3.09. The summed E-state index contributed by atoms with van der Waals surface area (Å²) in [5, 5.41) is 2.84. The van der Waals surface area contributed by atoms with Crippen molar-refractivity contribution in [1.82, 2.24) is 10.2 Å². The summed E-state index contributed by atoms with van der Waals surface area (Å²) in [6, 6.07) is 0. The summed E-state index contributed by atoms with van der Waals surface area (Å²) in [5.41, 5.74) is -0.474. The lowest BCUT2D eigenvalue weighted by atomic mass is 9.87. The molecule has 1 heterocycles. The molecule has 1 aliphatic rings. The van der Waals surface area contributed by atoms with Crippen LogP contribution in [0.1, 0.15) is 34.1 Å². The van der Waals surface area contributed by atoms with Crippen molar-refractivity contribution in [2.75, 3.05) is 20.1 Å². The molecule has 5 heteroatoms. The van der Waals surface area contributed by atoms with Gasteiger partial charge in [-0.25, -0.2) is 4.79 Å². The molecule has 0 radical (unpaired) electrons. The van der Waals surface area contributed by atoms with Gasteiger partial charge in [0, 0.05) is 26.6 Å². The van der Waals surface area contributed by atoms with Gasteiger partial charge < -0.3 is 15.0 Å². The maximum atomic E-state index is 11.8. The molecular formula is C13H24N2O3. The van der Waals surface area contributed by atoms with Crippen molar-refractivity contribution >= 4 is 12.0 Å². The van der Waals surface area contributed by atoms with Crippen LogP contribution in [0.25, 0.3) is 0 Å². The van der Waals surface area contributed by atoms with Gasteiger partial charge in [0.25, 0.3) is 0 Å². The molecule has 0 aromatic heterocycles. The number of carbonyl (C=O) groups excluding carboxylic acids is 2. The first kappa shape index (κ1) is 14.8. The minimum Gasteiger partial charge on any atom is -0.444 e. The van der Waals surface area contributed by atoms with Crippen LogP contribution in [0.3, 0.4) is 0 Å². The van der Waals surface area contributed by atoms with Crippen molar-refractivity contribution in [3.8, 4) is 0 Å². The minimum absolute atomic E-state index is 0.0960. The lowest BCUT2D eigenvalue weighted by Crippen LogP contribution is -2.46. The standard InChI is InChI=1S/C13H24N2O3/c1-9-6-11(16)14-7-10(9)8-15(5)12(17)18-13(2,3)4/h9-10H,6-8H2,1-5H3,(H,14,16). The zero-order valence-electron chi connectivity index (χ0n) is 11.9. The average molecular weight is 256 g/mol. The third kappa shape index (κ3) is 4.55. The van der Waals surface area contributed by atoms with E-state index >= 15 is 0 Å². The van der Waals surface area contributed by atoms with Gasteiger partial charge >= 0.3 is 6.09 Å². The van der Waals surface area contributed by atoms with Crippen LogP contribution < -0.4 is 5.32 Å². The highest BCUT2D eigenvalue weighted by molar-refractivity contribution is 5.77. The number of carbonyl (C=O) groups is 2. The Bertz CT molecular complexity index is 323. The van der Waals surface area contributed by atoms with E-state index in [1.165, 1.54) is 0 Å². The predicted molar refractivity (Wildman–Crippen MR) is 69.1 cm³/mol. The topological polar surface area (TPSA) is 58.6 Å². The van der Waals surface area contributed by atoms with Gasteiger partial charge in [0.1, 0.15) is 5.60 Å². The van der Waals surface area contributed by atoms with Crippen molar-refractivity contribution in [3.05, 3.63) is 0 Å². The highest BCUT2D eigenvalue weighted by atomic mass is 16.6. The van der Waals surface area contributed by atoms with Crippen LogP contribution in [0.4, 0.5) is 4.79 Å². The summed E-state index contributed by atoms with van der Waals surface area (Å²) in [4.78, 5) is 24.6. The van der Waals surface area contributed by atoms with E-state index in [0.717, 1.165) is 0 Å². The van der Waals surface area contributed by atoms with Gasteiger partial charge in [-0.3, -0.25) is 4.79 Å². The molecular weight excluding hydrogens is 232 g/mol. The smallest absolute Gasteiger partial charge is 0.410 e. The van der Waals surface area contributed by atoms with Crippen molar-refractivity contribution in [3.63, 3.8) is 0 Å². The van der Waals surface area contributed by atoms with E-state index in [1.54, 1.807) is 11.9 Å². The van der Waals surface area contributed by atoms with Crippen LogP contribution >= 0.6 is 0 Å². The number of piperidine rings is 1. The molecule has 1 saturated heterocycles. The maximum Gasteiger partial charge on any atom is 0.410 e. The van der Waals surface area contributed by atoms with Gasteiger partial charge in [-0.05, 0) is 32.6 Å². The number of amides is 2. The molecule has 0 aromatic rings. The summed E-state index contributed by atoms with van der Waals surface area (Å²) in [6.45, 7) is 8.84. The molecule has 0 aliphatic carbocycles. The summed E-state index contributed by atoms with van der Waals surface area (Å²) >= 11 is 0. The molecule has 0 spiro atoms. The van der Waals surface area contributed by atoms with Crippen molar-refractivity contribution in [1.29, 1.82) is 0 Å². The van der Waals surface area contributed by atoms with E-state index < -0.39 is 5.60 Å². The van der Waals surface area contributed by atoms with Gasteiger partial charge in [-0.2, -0.15) is 0 Å². The molecule has 18 heavy (non-hydrogen) atoms. The molecule has 5 nitrogen and oxygen atoms in total. The molecule has 0 saturated carbocycles. The van der Waals surface area contributed by atoms with Crippen LogP contribution in [-0.4, -0.2) is 42.6 Å². The molecule has 1 aliphatic heterocycles. The highest BCUT2D eigenvalue weighted by Crippen LogP contribution is 2.20. The molecule has 1 rings (SSSR count). The Balaban J connectivity index is 2.46. The normalized spacial score (nSPS) is 24.4. The summed E-state index contributed by atoms with van der Waals surface area (Å²) in [6.07, 6.45) is 0.221. The largest absolute Gasteiger partial charge is 0.444 e. The number of rotatable bonds is 2. The molecule has 0 aromatic carbocycles. The van der Waals surface area contributed by atoms with Crippen LogP contribution in [0, 0.1) is 11.8 Å². The fourth-order valence-corrected chi connectivity index (χ4v) is 1.99. The Morgan fingerprint density at radius 2 is 2.11 bits per heavy atom. The van der Waals surface area contributed by atoms with Gasteiger partial charge in [0.05, 0.1) is 0 Å². The van der Waals surface area contributed by atoms with Gasteiger partial charge in [0.2, 0.25) is 5.91 Å². The van der Waals surface area contributed by atoms with E-state index in [1.807, 2.05) is 27.7 Å². The highest BCUT2D eigenvalue weighted by Gasteiger charge is 2.29. The Kier molecular flexibility index (Phi) is 4.59. The number of hydrogen-bond acceptors (Lipinski definition) is 3. The van der Waals surface area contributed by atoms with Gasteiger partial charge in [-0.1, -0.05) is 6.92 Å². The van der Waals surface area contributed by atoms with Crippen molar-refractivity contribution < 1.29 is 14.3 Å². The first-order valence-electron chi connectivity index (χ1n) is 6.40. The van der Waals surface area contributed by atoms with E-state index in [9.17, 15) is 9.59 Å². The third-order valence-corrected chi connectivity index (χ3v) is 3.09. The van der Waals surface area contributed by atoms with Crippen LogP contribution in [0.2, 0.25) is 0 Å². The molecule has 2 amide bonds. The van der Waals surface area contributed by atoms with Gasteiger partial charge in [-0.15, -0.1) is 0 Å². The molecule has 1 N–H and O–H groups in total. The summed E-state index contributed by atoms with van der Waals surface area (Å²) in [5.74, 6) is 0.683. The SMILES string of the molecule is CC1CC(=O)NCC1CN(C)C(=O)OC(C)(C)C. The van der Waals surface area contributed by atoms with Crippen molar-refractivity contribution in [2.24, 2.45) is 11.8 Å². The fourth-order valence-electron chi connectivity index (χ4n) is 1.99. The van der Waals surface area contributed by atoms with Crippen LogP contribution in [0.5, 0.6) is 0 Å². The van der Waals surface area contributed by atoms with Crippen LogP contribution in [0.15, 0.2) is 0 Å². The van der Waals surface area contributed by atoms with E-state index in [2.05, 4.69) is 5.32 Å². The molecule has 104 valence electrons. The minimum atomic E-state index is -0.474. The molecule has 1 fully saturated rings. The zero-order valence-corrected chi connectivity index (χ0v) is 11.9. The molecule has 2 atom stereocenters. The first-order valence-corrected chi connectivity index (χ1v) is 6.40. The van der Waals surface area contributed by atoms with Crippen molar-refractivity contribution in [2.45, 2.75) is 39.7 Å². The van der Waals surface area contributed by atoms with Crippen LogP contribution in [-0.2, 0) is 9.53 Å². The Hall–Kier alpha value is -1.26. The Labute approximate surface area is 109 Å². The second kappa shape index (κ2) is 5.59. The monoisotopic (exact) mass is 256 g/mol. The second-order valence-electron chi connectivity index (χ2n) is 6.11. The number of nitrogens with zero attached hydrogens (tertiary/aromatic N) is 1. The van der Waals surface area contributed by atoms with E-state index in [-0.39, 0.29) is 12.0 Å². The Morgan fingerprint density at radius 3 is 2.61 bits per heavy atom. The summed E-state index contributed by atoms with van der Waals surface area (Å²) in [7, 11) is 1.73. The zero-order chi connectivity index (χ0) is 13.9. The van der Waals surface area contributed by atoms with E-state index in [4.69, 9.17) is 4.74 Å². The number of hydrogen-bond donors (Lipinski definition) is 1. The quantitative estimate of drug-likeness (QED) is 0.817.